The molecule has 16 heavy (non-hydrogen) atoms. The Morgan fingerprint density at radius 2 is 2.00 bits per heavy atom. The van der Waals surface area contributed by atoms with Crippen LogP contribution in [0.3, 0.4) is 0 Å². The lowest BCUT2D eigenvalue weighted by molar-refractivity contribution is 0.321. The van der Waals surface area contributed by atoms with Crippen LogP contribution in [0.2, 0.25) is 0 Å². The summed E-state index contributed by atoms with van der Waals surface area (Å²) in [6.45, 7) is 1.89. The number of aryl methyl sites for hydroxylation is 1. The summed E-state index contributed by atoms with van der Waals surface area (Å²) in [5, 5.41) is 11.6. The molecule has 1 aromatic heterocycles. The highest BCUT2D eigenvalue weighted by Gasteiger charge is 2.10. The van der Waals surface area contributed by atoms with Crippen molar-refractivity contribution < 1.29 is 5.21 Å². The Balaban J connectivity index is 2.56. The van der Waals surface area contributed by atoms with Gasteiger partial charge in [-0.3, -0.25) is 0 Å². The van der Waals surface area contributed by atoms with Crippen LogP contribution >= 0.6 is 0 Å². The van der Waals surface area contributed by atoms with Crippen molar-refractivity contribution in [1.29, 1.82) is 0 Å². The average molecular weight is 215 g/mol. The number of oxime groups is 1. The molecule has 4 heteroatoms. The molecule has 0 atom stereocenters. The zero-order valence-corrected chi connectivity index (χ0v) is 9.25. The van der Waals surface area contributed by atoms with E-state index >= 15 is 0 Å². The maximum atomic E-state index is 8.58. The van der Waals surface area contributed by atoms with E-state index in [1.54, 1.807) is 0 Å². The first-order valence-corrected chi connectivity index (χ1v) is 5.00. The molecule has 0 aliphatic heterocycles. The van der Waals surface area contributed by atoms with Crippen LogP contribution in [0.25, 0.3) is 11.4 Å². The minimum atomic E-state index is 0.807. The van der Waals surface area contributed by atoms with Crippen LogP contribution in [0.1, 0.15) is 11.4 Å². The molecule has 0 bridgehead atoms. The summed E-state index contributed by atoms with van der Waals surface area (Å²) in [7, 11) is 1.90. The molecule has 0 aliphatic carbocycles. The zero-order chi connectivity index (χ0) is 11.5. The summed E-state index contributed by atoms with van der Waals surface area (Å²) in [6.07, 6.45) is 1.40. The van der Waals surface area contributed by atoms with Crippen molar-refractivity contribution in [3.8, 4) is 11.4 Å². The van der Waals surface area contributed by atoms with Crippen molar-refractivity contribution in [2.75, 3.05) is 0 Å². The molecule has 82 valence electrons. The van der Waals surface area contributed by atoms with Gasteiger partial charge in [0.15, 0.2) is 0 Å². The molecule has 1 N–H and O–H groups in total. The summed E-state index contributed by atoms with van der Waals surface area (Å²) >= 11 is 0. The van der Waals surface area contributed by atoms with Crippen molar-refractivity contribution in [3.05, 3.63) is 41.7 Å². The van der Waals surface area contributed by atoms with Crippen LogP contribution in [0.15, 0.2) is 35.5 Å². The highest BCUT2D eigenvalue weighted by Crippen LogP contribution is 2.19. The van der Waals surface area contributed by atoms with Gasteiger partial charge in [0.25, 0.3) is 0 Å². The van der Waals surface area contributed by atoms with Gasteiger partial charge in [-0.15, -0.1) is 0 Å². The van der Waals surface area contributed by atoms with Gasteiger partial charge in [-0.25, -0.2) is 4.98 Å². The molecule has 4 nitrogen and oxygen atoms in total. The second-order valence-corrected chi connectivity index (χ2v) is 3.58. The maximum absolute atomic E-state index is 8.58. The van der Waals surface area contributed by atoms with E-state index in [0.717, 1.165) is 22.8 Å². The molecule has 0 amide bonds. The van der Waals surface area contributed by atoms with E-state index in [0.29, 0.717) is 0 Å². The third kappa shape index (κ3) is 1.69. The molecule has 0 fully saturated rings. The molecule has 0 radical (unpaired) electrons. The van der Waals surface area contributed by atoms with Gasteiger partial charge in [0.2, 0.25) is 0 Å². The van der Waals surface area contributed by atoms with Gasteiger partial charge < -0.3 is 9.77 Å². The Kier molecular flexibility index (Phi) is 2.72. The Bertz CT molecular complexity index is 515. The maximum Gasteiger partial charge on any atom is 0.140 e. The Morgan fingerprint density at radius 3 is 2.62 bits per heavy atom. The first kappa shape index (κ1) is 10.4. The lowest BCUT2D eigenvalue weighted by Crippen LogP contribution is -1.98. The van der Waals surface area contributed by atoms with E-state index in [2.05, 4.69) is 10.1 Å². The molecule has 0 unspecified atom stereocenters. The van der Waals surface area contributed by atoms with E-state index in [-0.39, 0.29) is 0 Å². The van der Waals surface area contributed by atoms with Crippen LogP contribution in [0.5, 0.6) is 0 Å². The van der Waals surface area contributed by atoms with Crippen LogP contribution < -0.4 is 0 Å². The number of imidazole rings is 1. The first-order valence-electron chi connectivity index (χ1n) is 5.00. The Morgan fingerprint density at radius 1 is 1.31 bits per heavy atom. The van der Waals surface area contributed by atoms with Crippen LogP contribution in [-0.2, 0) is 7.05 Å². The topological polar surface area (TPSA) is 50.4 Å². The number of nitrogens with zero attached hydrogens (tertiary/aromatic N) is 3. The summed E-state index contributed by atoms with van der Waals surface area (Å²) in [6, 6.07) is 9.91. The monoisotopic (exact) mass is 215 g/mol. The van der Waals surface area contributed by atoms with Crippen molar-refractivity contribution in [2.45, 2.75) is 6.92 Å². The van der Waals surface area contributed by atoms with E-state index < -0.39 is 0 Å². The van der Waals surface area contributed by atoms with Crippen molar-refractivity contribution in [3.63, 3.8) is 0 Å². The fourth-order valence-electron chi connectivity index (χ4n) is 1.73. The summed E-state index contributed by atoms with van der Waals surface area (Å²) in [5.41, 5.74) is 2.70. The van der Waals surface area contributed by atoms with Gasteiger partial charge in [-0.05, 0) is 6.92 Å². The first-order chi connectivity index (χ1) is 7.74. The second kappa shape index (κ2) is 4.18. The fraction of sp³-hybridized carbons (Fsp3) is 0.167. The molecule has 1 heterocycles. The highest BCUT2D eigenvalue weighted by atomic mass is 16.4. The van der Waals surface area contributed by atoms with Gasteiger partial charge in [-0.2, -0.15) is 0 Å². The number of benzene rings is 1. The van der Waals surface area contributed by atoms with Gasteiger partial charge in [-0.1, -0.05) is 35.5 Å². The summed E-state index contributed by atoms with van der Waals surface area (Å²) < 4.78 is 1.91. The molecular weight excluding hydrogens is 202 g/mol. The molecule has 0 aliphatic rings. The number of hydrogen-bond acceptors (Lipinski definition) is 3. The molecule has 2 rings (SSSR count). The predicted molar refractivity (Wildman–Crippen MR) is 62.8 cm³/mol. The average Bonchev–Trinajstić information content (AvgIpc) is 2.59. The van der Waals surface area contributed by atoms with Gasteiger partial charge >= 0.3 is 0 Å². The second-order valence-electron chi connectivity index (χ2n) is 3.58. The van der Waals surface area contributed by atoms with Crippen LogP contribution in [0.4, 0.5) is 0 Å². The molecule has 0 spiro atoms. The third-order valence-electron chi connectivity index (χ3n) is 2.54. The molecule has 0 saturated heterocycles. The molecule has 0 saturated carbocycles. The number of aromatic nitrogens is 2. The lowest BCUT2D eigenvalue weighted by atomic mass is 10.2. The van der Waals surface area contributed by atoms with Crippen molar-refractivity contribution >= 4 is 6.21 Å². The van der Waals surface area contributed by atoms with Gasteiger partial charge in [0.05, 0.1) is 17.6 Å². The van der Waals surface area contributed by atoms with Crippen LogP contribution in [-0.4, -0.2) is 21.0 Å². The minimum absolute atomic E-state index is 0.807. The summed E-state index contributed by atoms with van der Waals surface area (Å²) in [5.74, 6) is 0.869. The lowest BCUT2D eigenvalue weighted by Gasteiger charge is -2.02. The van der Waals surface area contributed by atoms with Gasteiger partial charge in [0, 0.05) is 12.6 Å². The highest BCUT2D eigenvalue weighted by molar-refractivity contribution is 5.80. The van der Waals surface area contributed by atoms with Gasteiger partial charge in [0.1, 0.15) is 5.82 Å². The smallest absolute Gasteiger partial charge is 0.140 e. The number of hydrogen-bond donors (Lipinski definition) is 1. The normalized spacial score (nSPS) is 11.1. The fourth-order valence-corrected chi connectivity index (χ4v) is 1.73. The standard InChI is InChI=1S/C12H13N3O/c1-9-11(8-13-16)15(2)12(14-9)10-6-4-3-5-7-10/h3-8,16H,1-2H3. The number of rotatable bonds is 2. The zero-order valence-electron chi connectivity index (χ0n) is 9.25. The van der Waals surface area contributed by atoms with Crippen molar-refractivity contribution in [1.82, 2.24) is 9.55 Å². The summed E-state index contributed by atoms with van der Waals surface area (Å²) in [4.78, 5) is 4.46. The predicted octanol–water partition coefficient (Wildman–Crippen LogP) is 2.20. The Hall–Kier alpha value is -2.10. The van der Waals surface area contributed by atoms with E-state index in [1.807, 2.05) is 48.9 Å². The largest absolute Gasteiger partial charge is 0.411 e. The van der Waals surface area contributed by atoms with Crippen LogP contribution in [0, 0.1) is 6.92 Å². The van der Waals surface area contributed by atoms with Crippen molar-refractivity contribution in [2.24, 2.45) is 12.2 Å². The van der Waals surface area contributed by atoms with E-state index in [4.69, 9.17) is 5.21 Å². The SMILES string of the molecule is Cc1nc(-c2ccccc2)n(C)c1C=NO. The molecular formula is C12H13N3O. The quantitative estimate of drug-likeness (QED) is 0.474. The minimum Gasteiger partial charge on any atom is -0.411 e. The van der Waals surface area contributed by atoms with E-state index in [9.17, 15) is 0 Å². The molecule has 1 aromatic carbocycles. The molecule has 2 aromatic rings. The van der Waals surface area contributed by atoms with E-state index in [1.165, 1.54) is 6.21 Å². The third-order valence-corrected chi connectivity index (χ3v) is 2.54. The Labute approximate surface area is 93.9 Å².